The van der Waals surface area contributed by atoms with Gasteiger partial charge in [0.2, 0.25) is 11.8 Å². The summed E-state index contributed by atoms with van der Waals surface area (Å²) >= 11 is 0. The monoisotopic (exact) mass is 385 g/mol. The second-order valence-corrected chi connectivity index (χ2v) is 5.76. The number of aromatic nitrogens is 2. The molecule has 10 heteroatoms. The third kappa shape index (κ3) is 4.99. The molecule has 1 aromatic heterocycles. The molecule has 2 amide bonds. The van der Waals surface area contributed by atoms with Gasteiger partial charge >= 0.3 is 0 Å². The Kier molecular flexibility index (Phi) is 6.27. The summed E-state index contributed by atoms with van der Waals surface area (Å²) in [6.07, 6.45) is 2.90. The Bertz CT molecular complexity index is 753. The van der Waals surface area contributed by atoms with E-state index in [0.29, 0.717) is 5.69 Å². The van der Waals surface area contributed by atoms with E-state index in [-0.39, 0.29) is 19.0 Å². The van der Waals surface area contributed by atoms with Gasteiger partial charge in [-0.25, -0.2) is 13.5 Å². The number of alkyl halides is 2. The molecule has 2 aromatic rings. The summed E-state index contributed by atoms with van der Waals surface area (Å²) in [6.45, 7) is -0.816. The minimum Gasteiger partial charge on any atom is -0.346 e. The lowest BCUT2D eigenvalue weighted by atomic mass is 10.2. The summed E-state index contributed by atoms with van der Waals surface area (Å²) in [5, 5.41) is 11.5. The van der Waals surface area contributed by atoms with E-state index >= 15 is 0 Å². The highest BCUT2D eigenvalue weighted by atomic mass is 35.5. The largest absolute Gasteiger partial charge is 0.346 e. The quantitative estimate of drug-likeness (QED) is 0.725. The third-order valence-electron chi connectivity index (χ3n) is 3.77. The Morgan fingerprint density at radius 2 is 2.04 bits per heavy atom. The normalized spacial score (nSPS) is 18.0. The number of hydrogen-bond donors (Lipinski definition) is 3. The smallest absolute Gasteiger partial charge is 0.262 e. The molecule has 140 valence electrons. The minimum absolute atomic E-state index is 0. The number of anilines is 1. The van der Waals surface area contributed by atoms with Crippen LogP contribution in [-0.4, -0.2) is 46.6 Å². The summed E-state index contributed by atoms with van der Waals surface area (Å²) in [7, 11) is 0. The predicted octanol–water partition coefficient (Wildman–Crippen LogP) is 1.35. The van der Waals surface area contributed by atoms with Crippen molar-refractivity contribution in [2.24, 2.45) is 0 Å². The number of amides is 2. The van der Waals surface area contributed by atoms with Crippen LogP contribution in [0.15, 0.2) is 42.7 Å². The van der Waals surface area contributed by atoms with Crippen molar-refractivity contribution < 1.29 is 18.4 Å². The molecule has 1 aliphatic heterocycles. The van der Waals surface area contributed by atoms with E-state index < -0.39 is 36.7 Å². The number of rotatable bonds is 5. The highest BCUT2D eigenvalue weighted by Crippen LogP contribution is 2.24. The Morgan fingerprint density at radius 3 is 2.62 bits per heavy atom. The van der Waals surface area contributed by atoms with Crippen LogP contribution in [0, 0.1) is 0 Å². The molecule has 3 rings (SSSR count). The van der Waals surface area contributed by atoms with Gasteiger partial charge in [0.15, 0.2) is 0 Å². The third-order valence-corrected chi connectivity index (χ3v) is 3.77. The van der Waals surface area contributed by atoms with Crippen molar-refractivity contribution in [1.82, 2.24) is 20.4 Å². The van der Waals surface area contributed by atoms with E-state index in [4.69, 9.17) is 0 Å². The second-order valence-electron chi connectivity index (χ2n) is 5.76. The number of nitrogens with zero attached hydrogens (tertiary/aromatic N) is 2. The van der Waals surface area contributed by atoms with E-state index in [1.807, 2.05) is 0 Å². The molecule has 1 atom stereocenters. The topological polar surface area (TPSA) is 88.0 Å². The number of nitrogens with one attached hydrogen (secondary N) is 3. The maximum absolute atomic E-state index is 13.0. The zero-order valence-corrected chi connectivity index (χ0v) is 14.4. The zero-order chi connectivity index (χ0) is 17.9. The van der Waals surface area contributed by atoms with Gasteiger partial charge < -0.3 is 10.6 Å². The standard InChI is InChI=1S/C16H17F2N5O2.ClH/c17-16(18)8-13(20-10-16)15(25)19-9-14(24)22-11-2-4-12(5-3-11)23-7-1-6-21-23;/h1-7,13,20H,8-10H2,(H,19,25)(H,22,24);1H. The van der Waals surface area contributed by atoms with Crippen LogP contribution in [0.1, 0.15) is 6.42 Å². The summed E-state index contributed by atoms with van der Waals surface area (Å²) in [6, 6.07) is 7.80. The number of hydrogen-bond acceptors (Lipinski definition) is 4. The average Bonchev–Trinajstić information content (AvgIpc) is 3.23. The molecule has 1 fully saturated rings. The van der Waals surface area contributed by atoms with Crippen LogP contribution in [0.4, 0.5) is 14.5 Å². The lowest BCUT2D eigenvalue weighted by Gasteiger charge is -2.11. The molecule has 1 saturated heterocycles. The Balaban J connectivity index is 0.00000243. The van der Waals surface area contributed by atoms with E-state index in [2.05, 4.69) is 21.0 Å². The Labute approximate surface area is 154 Å². The van der Waals surface area contributed by atoms with Gasteiger partial charge in [-0.1, -0.05) is 0 Å². The van der Waals surface area contributed by atoms with Crippen molar-refractivity contribution in [3.63, 3.8) is 0 Å². The molecule has 0 saturated carbocycles. The molecule has 1 unspecified atom stereocenters. The minimum atomic E-state index is -2.89. The molecule has 1 aromatic carbocycles. The van der Waals surface area contributed by atoms with E-state index in [1.165, 1.54) is 0 Å². The van der Waals surface area contributed by atoms with Crippen molar-refractivity contribution >= 4 is 29.9 Å². The van der Waals surface area contributed by atoms with E-state index in [1.54, 1.807) is 47.4 Å². The highest BCUT2D eigenvalue weighted by Gasteiger charge is 2.42. The first kappa shape index (κ1) is 19.8. The summed E-state index contributed by atoms with van der Waals surface area (Å²) in [5.74, 6) is -3.94. The first-order valence-electron chi connectivity index (χ1n) is 7.72. The fourth-order valence-electron chi connectivity index (χ4n) is 2.52. The first-order chi connectivity index (χ1) is 11.9. The van der Waals surface area contributed by atoms with Crippen LogP contribution in [0.5, 0.6) is 0 Å². The molecule has 3 N–H and O–H groups in total. The lowest BCUT2D eigenvalue weighted by Crippen LogP contribution is -2.43. The van der Waals surface area contributed by atoms with Crippen molar-refractivity contribution in [3.8, 4) is 5.69 Å². The van der Waals surface area contributed by atoms with Crippen molar-refractivity contribution in [2.75, 3.05) is 18.4 Å². The molecule has 2 heterocycles. The maximum Gasteiger partial charge on any atom is 0.262 e. The predicted molar refractivity (Wildman–Crippen MR) is 93.8 cm³/mol. The molecule has 7 nitrogen and oxygen atoms in total. The van der Waals surface area contributed by atoms with Crippen LogP contribution >= 0.6 is 12.4 Å². The van der Waals surface area contributed by atoms with Gasteiger partial charge in [0.1, 0.15) is 0 Å². The van der Waals surface area contributed by atoms with Gasteiger partial charge in [-0.3, -0.25) is 14.9 Å². The molecular formula is C16H18ClF2N5O2. The van der Waals surface area contributed by atoms with E-state index in [9.17, 15) is 18.4 Å². The summed E-state index contributed by atoms with van der Waals surface area (Å²) < 4.78 is 27.8. The summed E-state index contributed by atoms with van der Waals surface area (Å²) in [4.78, 5) is 23.6. The van der Waals surface area contributed by atoms with Crippen LogP contribution in [0.2, 0.25) is 0 Å². The van der Waals surface area contributed by atoms with Gasteiger partial charge in [0.05, 0.1) is 24.8 Å². The molecule has 26 heavy (non-hydrogen) atoms. The Hall–Kier alpha value is -2.52. The maximum atomic E-state index is 13.0. The van der Waals surface area contributed by atoms with E-state index in [0.717, 1.165) is 5.69 Å². The SMILES string of the molecule is Cl.O=C(CNC(=O)C1CC(F)(F)CN1)Nc1ccc(-n2cccn2)cc1. The fourth-order valence-corrected chi connectivity index (χ4v) is 2.52. The van der Waals surface area contributed by atoms with Crippen LogP contribution < -0.4 is 16.0 Å². The molecule has 1 aliphatic rings. The average molecular weight is 386 g/mol. The number of halogens is 3. The fraction of sp³-hybridized carbons (Fsp3) is 0.312. The van der Waals surface area contributed by atoms with Crippen LogP contribution in [0.25, 0.3) is 5.69 Å². The van der Waals surface area contributed by atoms with Gasteiger partial charge in [-0.15, -0.1) is 12.4 Å². The second kappa shape index (κ2) is 8.24. The van der Waals surface area contributed by atoms with Crippen LogP contribution in [-0.2, 0) is 9.59 Å². The number of carbonyl (C=O) groups is 2. The van der Waals surface area contributed by atoms with Crippen molar-refractivity contribution in [1.29, 1.82) is 0 Å². The first-order valence-corrected chi connectivity index (χ1v) is 7.72. The van der Waals surface area contributed by atoms with Gasteiger partial charge in [-0.2, -0.15) is 5.10 Å². The van der Waals surface area contributed by atoms with Crippen molar-refractivity contribution in [2.45, 2.75) is 18.4 Å². The van der Waals surface area contributed by atoms with Gasteiger partial charge in [0.25, 0.3) is 5.92 Å². The molecular weight excluding hydrogens is 368 g/mol. The zero-order valence-electron chi connectivity index (χ0n) is 13.6. The van der Waals surface area contributed by atoms with Gasteiger partial charge in [0, 0.05) is 24.5 Å². The molecule has 0 radical (unpaired) electrons. The molecule has 0 aliphatic carbocycles. The Morgan fingerprint density at radius 1 is 1.31 bits per heavy atom. The lowest BCUT2D eigenvalue weighted by molar-refractivity contribution is -0.125. The number of carbonyl (C=O) groups excluding carboxylic acids is 2. The van der Waals surface area contributed by atoms with Gasteiger partial charge in [-0.05, 0) is 30.3 Å². The van der Waals surface area contributed by atoms with Crippen LogP contribution in [0.3, 0.4) is 0 Å². The summed E-state index contributed by atoms with van der Waals surface area (Å²) in [5.41, 5.74) is 1.39. The van der Waals surface area contributed by atoms with Crippen molar-refractivity contribution in [3.05, 3.63) is 42.7 Å². The molecule has 0 spiro atoms. The molecule has 0 bridgehead atoms. The number of benzene rings is 1. The highest BCUT2D eigenvalue weighted by molar-refractivity contribution is 5.95.